The zero-order valence-electron chi connectivity index (χ0n) is 19.3. The van der Waals surface area contributed by atoms with Crippen LogP contribution >= 0.6 is 11.3 Å². The van der Waals surface area contributed by atoms with Crippen molar-refractivity contribution in [2.24, 2.45) is 5.73 Å². The fourth-order valence-corrected chi connectivity index (χ4v) is 4.72. The smallest absolute Gasteiger partial charge is 0.410 e. The summed E-state index contributed by atoms with van der Waals surface area (Å²) in [6.45, 7) is 8.02. The highest BCUT2D eigenvalue weighted by Gasteiger charge is 2.31. The number of rotatable bonds is 5. The molecule has 0 unspecified atom stereocenters. The number of anilines is 2. The molecule has 3 N–H and O–H groups in total. The average Bonchev–Trinajstić information content (AvgIpc) is 3.34. The van der Waals surface area contributed by atoms with Crippen molar-refractivity contribution >= 4 is 45.1 Å². The van der Waals surface area contributed by atoms with E-state index in [0.717, 1.165) is 0 Å². The second kappa shape index (κ2) is 9.05. The normalized spacial score (nSPS) is 16.0. The molecule has 4 rings (SSSR count). The van der Waals surface area contributed by atoms with Crippen LogP contribution in [0.5, 0.6) is 5.75 Å². The van der Waals surface area contributed by atoms with Gasteiger partial charge in [-0.15, -0.1) is 11.3 Å². The van der Waals surface area contributed by atoms with Crippen LogP contribution in [0.25, 0.3) is 10.2 Å². The van der Waals surface area contributed by atoms with Gasteiger partial charge in [-0.25, -0.2) is 19.2 Å². The highest BCUT2D eigenvalue weighted by molar-refractivity contribution is 7.20. The van der Waals surface area contributed by atoms with E-state index >= 15 is 0 Å². The van der Waals surface area contributed by atoms with Gasteiger partial charge in [0.05, 0.1) is 22.5 Å². The lowest BCUT2D eigenvalue weighted by atomic mass is 10.2. The Morgan fingerprint density at radius 2 is 2.06 bits per heavy atom. The molecule has 0 saturated carbocycles. The lowest BCUT2D eigenvalue weighted by molar-refractivity contribution is 0.0275. The fraction of sp³-hybridized carbons (Fsp3) is 0.391. The van der Waals surface area contributed by atoms with Crippen LogP contribution in [0.4, 0.5) is 20.7 Å². The van der Waals surface area contributed by atoms with E-state index in [-0.39, 0.29) is 11.9 Å². The van der Waals surface area contributed by atoms with Crippen molar-refractivity contribution in [1.29, 1.82) is 0 Å². The molecule has 2 amide bonds. The lowest BCUT2D eigenvalue weighted by Gasteiger charge is -2.24. The Bertz CT molecular complexity index is 1260. The number of nitrogens with two attached hydrogens (primary N) is 1. The number of halogens is 1. The van der Waals surface area contributed by atoms with E-state index in [4.69, 9.17) is 15.2 Å². The first-order valence-electron chi connectivity index (χ1n) is 10.8. The maximum atomic E-state index is 14.1. The van der Waals surface area contributed by atoms with Crippen LogP contribution in [0.2, 0.25) is 0 Å². The van der Waals surface area contributed by atoms with E-state index in [0.29, 0.717) is 51.7 Å². The van der Waals surface area contributed by atoms with Crippen LogP contribution in [0, 0.1) is 12.7 Å². The molecule has 1 atom stereocenters. The van der Waals surface area contributed by atoms with Crippen molar-refractivity contribution in [2.75, 3.05) is 18.4 Å². The van der Waals surface area contributed by atoms with Crippen LogP contribution in [0.3, 0.4) is 0 Å². The Hall–Kier alpha value is -3.47. The summed E-state index contributed by atoms with van der Waals surface area (Å²) in [4.78, 5) is 35.3. The molecule has 2 aromatic heterocycles. The van der Waals surface area contributed by atoms with Crippen LogP contribution in [-0.4, -0.2) is 51.7 Å². The summed E-state index contributed by atoms with van der Waals surface area (Å²) < 4.78 is 25.6. The number of hydrogen-bond donors (Lipinski definition) is 2. The number of aryl methyl sites for hydroxylation is 1. The molecule has 1 saturated heterocycles. The summed E-state index contributed by atoms with van der Waals surface area (Å²) in [5.41, 5.74) is 6.05. The Labute approximate surface area is 200 Å². The predicted molar refractivity (Wildman–Crippen MR) is 127 cm³/mol. The minimum absolute atomic E-state index is 0.283. The maximum absolute atomic E-state index is 14.1. The van der Waals surface area contributed by atoms with Crippen molar-refractivity contribution in [3.05, 3.63) is 40.8 Å². The third-order valence-corrected chi connectivity index (χ3v) is 6.45. The van der Waals surface area contributed by atoms with Gasteiger partial charge in [0.1, 0.15) is 40.2 Å². The third kappa shape index (κ3) is 5.04. The number of hydrogen-bond acceptors (Lipinski definition) is 8. The third-order valence-electron chi connectivity index (χ3n) is 5.24. The van der Waals surface area contributed by atoms with Crippen LogP contribution < -0.4 is 15.8 Å². The summed E-state index contributed by atoms with van der Waals surface area (Å²) >= 11 is 1.19. The first kappa shape index (κ1) is 23.7. The molecular formula is C23H26FN5O4S. The largest absolute Gasteiger partial charge is 0.486 e. The molecule has 0 aliphatic carbocycles. The molecule has 34 heavy (non-hydrogen) atoms. The monoisotopic (exact) mass is 487 g/mol. The van der Waals surface area contributed by atoms with Gasteiger partial charge in [0.25, 0.3) is 5.91 Å². The van der Waals surface area contributed by atoms with Gasteiger partial charge in [-0.3, -0.25) is 4.79 Å². The molecule has 1 aromatic carbocycles. The Morgan fingerprint density at radius 3 is 2.76 bits per heavy atom. The van der Waals surface area contributed by atoms with E-state index in [1.807, 2.05) is 20.8 Å². The minimum Gasteiger partial charge on any atom is -0.486 e. The Morgan fingerprint density at radius 1 is 1.29 bits per heavy atom. The van der Waals surface area contributed by atoms with Gasteiger partial charge in [0.2, 0.25) is 0 Å². The van der Waals surface area contributed by atoms with Gasteiger partial charge >= 0.3 is 6.09 Å². The zero-order valence-corrected chi connectivity index (χ0v) is 20.2. The molecule has 0 bridgehead atoms. The second-order valence-corrected chi connectivity index (χ2v) is 10.0. The molecule has 0 spiro atoms. The number of aromatic nitrogens is 2. The number of ether oxygens (including phenoxy) is 2. The number of thiophene rings is 1. The van der Waals surface area contributed by atoms with Gasteiger partial charge in [-0.2, -0.15) is 0 Å². The molecule has 1 aliphatic rings. The topological polar surface area (TPSA) is 120 Å². The van der Waals surface area contributed by atoms with Crippen LogP contribution in [-0.2, 0) is 4.74 Å². The molecule has 3 aromatic rings. The first-order chi connectivity index (χ1) is 16.0. The Kier molecular flexibility index (Phi) is 6.30. The van der Waals surface area contributed by atoms with Crippen LogP contribution in [0.1, 0.15) is 42.4 Å². The summed E-state index contributed by atoms with van der Waals surface area (Å²) in [6.07, 6.45) is 1.23. The summed E-state index contributed by atoms with van der Waals surface area (Å²) in [5, 5.41) is 3.84. The first-order valence-corrected chi connectivity index (χ1v) is 11.6. The number of fused-ring (bicyclic) bond motifs is 1. The number of nitrogens with one attached hydrogen (secondary N) is 1. The molecule has 3 heterocycles. The van der Waals surface area contributed by atoms with Gasteiger partial charge in [0.15, 0.2) is 0 Å². The molecule has 1 fully saturated rings. The standard InChI is InChI=1S/C23H26FN5O4S/c1-12-17-20(26-11-27-21(17)34-18(12)19(25)30)28-15-6-5-13(24)9-16(15)32-14-7-8-29(10-14)22(31)33-23(2,3)4/h5-6,9,11,14H,7-8,10H2,1-4H3,(H2,25,30)(H,26,27,28)/t14-/m0/s1. The highest BCUT2D eigenvalue weighted by atomic mass is 32.1. The van der Waals surface area contributed by atoms with E-state index in [1.54, 1.807) is 17.9 Å². The number of nitrogens with zero attached hydrogens (tertiary/aromatic N) is 3. The predicted octanol–water partition coefficient (Wildman–Crippen LogP) is 4.37. The van der Waals surface area contributed by atoms with Crippen molar-refractivity contribution in [1.82, 2.24) is 14.9 Å². The summed E-state index contributed by atoms with van der Waals surface area (Å²) in [7, 11) is 0. The van der Waals surface area contributed by atoms with Crippen molar-refractivity contribution in [3.63, 3.8) is 0 Å². The van der Waals surface area contributed by atoms with E-state index in [2.05, 4.69) is 15.3 Å². The number of carbonyl (C=O) groups excluding carboxylic acids is 2. The van der Waals surface area contributed by atoms with Gasteiger partial charge < -0.3 is 25.4 Å². The number of likely N-dealkylation sites (tertiary alicyclic amines) is 1. The molecule has 180 valence electrons. The fourth-order valence-electron chi connectivity index (χ4n) is 3.72. The lowest BCUT2D eigenvalue weighted by Crippen LogP contribution is -2.36. The van der Waals surface area contributed by atoms with Gasteiger partial charge in [-0.05, 0) is 45.4 Å². The van der Waals surface area contributed by atoms with E-state index in [9.17, 15) is 14.0 Å². The maximum Gasteiger partial charge on any atom is 0.410 e. The van der Waals surface area contributed by atoms with Gasteiger partial charge in [-0.1, -0.05) is 0 Å². The SMILES string of the molecule is Cc1c(C(N)=O)sc2ncnc(Nc3ccc(F)cc3O[C@H]3CCN(C(=O)OC(C)(C)C)C3)c12. The van der Waals surface area contributed by atoms with Crippen molar-refractivity contribution in [2.45, 2.75) is 45.8 Å². The van der Waals surface area contributed by atoms with Gasteiger partial charge in [0, 0.05) is 19.0 Å². The molecule has 1 aliphatic heterocycles. The number of amides is 2. The molecular weight excluding hydrogens is 461 g/mol. The van der Waals surface area contributed by atoms with E-state index < -0.39 is 23.4 Å². The minimum atomic E-state index is -0.591. The van der Waals surface area contributed by atoms with E-state index in [1.165, 1.54) is 29.8 Å². The molecule has 11 heteroatoms. The quantitative estimate of drug-likeness (QED) is 0.548. The second-order valence-electron chi connectivity index (χ2n) is 9.04. The number of carbonyl (C=O) groups is 2. The van der Waals surface area contributed by atoms with Crippen molar-refractivity contribution in [3.8, 4) is 5.75 Å². The summed E-state index contributed by atoms with van der Waals surface area (Å²) in [6, 6.07) is 4.15. The van der Waals surface area contributed by atoms with Crippen molar-refractivity contribution < 1.29 is 23.5 Å². The molecule has 0 radical (unpaired) electrons. The highest BCUT2D eigenvalue weighted by Crippen LogP contribution is 2.37. The summed E-state index contributed by atoms with van der Waals surface area (Å²) in [5.74, 6) is -0.263. The Balaban J connectivity index is 1.56. The molecule has 9 nitrogen and oxygen atoms in total. The zero-order chi connectivity index (χ0) is 24.6. The average molecular weight is 488 g/mol. The number of benzene rings is 1. The van der Waals surface area contributed by atoms with Crippen LogP contribution in [0.15, 0.2) is 24.5 Å². The number of primary amides is 1.